The maximum absolute atomic E-state index is 11.8. The van der Waals surface area contributed by atoms with Crippen molar-refractivity contribution in [2.45, 2.75) is 44.6 Å². The summed E-state index contributed by atoms with van der Waals surface area (Å²) in [5.41, 5.74) is 0. The molecule has 0 saturated carbocycles. The van der Waals surface area contributed by atoms with Crippen LogP contribution in [0.1, 0.15) is 38.5 Å². The Morgan fingerprint density at radius 1 is 1.00 bits per heavy atom. The molecule has 0 radical (unpaired) electrons. The number of amides is 4. The van der Waals surface area contributed by atoms with Gasteiger partial charge in [0.1, 0.15) is 6.10 Å². The molecular formula is C20H29N3O6. The van der Waals surface area contributed by atoms with E-state index in [0.29, 0.717) is 26.3 Å². The number of carbonyl (C=O) groups is 4. The number of alkyl carbamates (subject to hydrolysis) is 1. The molecule has 1 atom stereocenters. The van der Waals surface area contributed by atoms with Crippen molar-refractivity contribution >= 4 is 23.8 Å². The molecule has 2 rings (SSSR count). The van der Waals surface area contributed by atoms with Crippen LogP contribution in [0.3, 0.4) is 0 Å². The molecule has 0 spiro atoms. The third-order valence-corrected chi connectivity index (χ3v) is 4.54. The molecule has 160 valence electrons. The molecule has 1 aliphatic carbocycles. The Labute approximate surface area is 170 Å². The molecule has 4 amide bonds. The van der Waals surface area contributed by atoms with Gasteiger partial charge in [0.05, 0.1) is 13.2 Å². The number of carbonyl (C=O) groups excluding carboxylic acids is 4. The van der Waals surface area contributed by atoms with E-state index in [-0.39, 0.29) is 25.0 Å². The Morgan fingerprint density at radius 2 is 1.69 bits per heavy atom. The van der Waals surface area contributed by atoms with E-state index in [0.717, 1.165) is 37.0 Å². The van der Waals surface area contributed by atoms with E-state index in [1.54, 1.807) is 0 Å². The Hall–Kier alpha value is -2.68. The minimum Gasteiger partial charge on any atom is -0.446 e. The first-order chi connectivity index (χ1) is 14.1. The van der Waals surface area contributed by atoms with Crippen molar-refractivity contribution in [3.05, 3.63) is 24.3 Å². The third-order valence-electron chi connectivity index (χ3n) is 4.54. The van der Waals surface area contributed by atoms with Gasteiger partial charge in [-0.1, -0.05) is 12.2 Å². The lowest BCUT2D eigenvalue weighted by molar-refractivity contribution is -0.137. The maximum Gasteiger partial charge on any atom is 0.407 e. The summed E-state index contributed by atoms with van der Waals surface area (Å²) < 4.78 is 10.8. The van der Waals surface area contributed by atoms with Gasteiger partial charge < -0.3 is 20.1 Å². The van der Waals surface area contributed by atoms with Gasteiger partial charge in [-0.25, -0.2) is 4.79 Å². The first kappa shape index (κ1) is 22.6. The molecule has 0 aromatic heterocycles. The average molecular weight is 407 g/mol. The van der Waals surface area contributed by atoms with Crippen molar-refractivity contribution in [2.75, 3.05) is 32.8 Å². The Balaban J connectivity index is 1.43. The van der Waals surface area contributed by atoms with Gasteiger partial charge in [0.15, 0.2) is 0 Å². The molecule has 9 heteroatoms. The topological polar surface area (TPSA) is 114 Å². The summed E-state index contributed by atoms with van der Waals surface area (Å²) in [5, 5.41) is 5.31. The molecule has 2 N–H and O–H groups in total. The van der Waals surface area contributed by atoms with Gasteiger partial charge in [-0.3, -0.25) is 19.3 Å². The van der Waals surface area contributed by atoms with Crippen LogP contribution in [0.5, 0.6) is 0 Å². The first-order valence-electron chi connectivity index (χ1n) is 10.0. The van der Waals surface area contributed by atoms with Crippen molar-refractivity contribution < 1.29 is 28.7 Å². The van der Waals surface area contributed by atoms with Gasteiger partial charge in [-0.15, -0.1) is 0 Å². The summed E-state index contributed by atoms with van der Waals surface area (Å²) in [6.45, 7) is 1.28. The molecule has 9 nitrogen and oxygen atoms in total. The fourth-order valence-corrected chi connectivity index (χ4v) is 2.98. The highest BCUT2D eigenvalue weighted by molar-refractivity contribution is 6.13. The molecule has 1 unspecified atom stereocenters. The van der Waals surface area contributed by atoms with Crippen LogP contribution in [0.15, 0.2) is 24.3 Å². The SMILES string of the molecule is O=C(CCN1C(=O)C=CC1=O)NCCOCCNC(=O)OC1CC/C=C\CCC1. The molecule has 0 aromatic rings. The van der Waals surface area contributed by atoms with E-state index in [9.17, 15) is 19.2 Å². The van der Waals surface area contributed by atoms with Gasteiger partial charge in [-0.2, -0.15) is 0 Å². The van der Waals surface area contributed by atoms with E-state index in [1.807, 2.05) is 0 Å². The minimum atomic E-state index is -0.433. The molecule has 0 fully saturated rings. The van der Waals surface area contributed by atoms with Crippen LogP contribution in [0.25, 0.3) is 0 Å². The molecule has 0 bridgehead atoms. The number of imide groups is 1. The van der Waals surface area contributed by atoms with Crippen LogP contribution in [0, 0.1) is 0 Å². The number of nitrogens with one attached hydrogen (secondary N) is 2. The van der Waals surface area contributed by atoms with Crippen molar-refractivity contribution in [3.63, 3.8) is 0 Å². The van der Waals surface area contributed by atoms with Crippen LogP contribution >= 0.6 is 0 Å². The maximum atomic E-state index is 11.8. The summed E-state index contributed by atoms with van der Waals surface area (Å²) in [7, 11) is 0. The number of rotatable bonds is 10. The smallest absolute Gasteiger partial charge is 0.407 e. The fraction of sp³-hybridized carbons (Fsp3) is 0.600. The summed E-state index contributed by atoms with van der Waals surface area (Å²) in [5.74, 6) is -1.07. The zero-order chi connectivity index (χ0) is 20.9. The fourth-order valence-electron chi connectivity index (χ4n) is 2.98. The van der Waals surface area contributed by atoms with Crippen molar-refractivity contribution in [3.8, 4) is 0 Å². The van der Waals surface area contributed by atoms with Gasteiger partial charge in [0, 0.05) is 38.2 Å². The van der Waals surface area contributed by atoms with E-state index in [1.165, 1.54) is 12.2 Å². The number of nitrogens with zero attached hydrogens (tertiary/aromatic N) is 1. The lowest BCUT2D eigenvalue weighted by Gasteiger charge is -2.18. The highest BCUT2D eigenvalue weighted by Crippen LogP contribution is 2.15. The lowest BCUT2D eigenvalue weighted by atomic mass is 10.0. The quantitative estimate of drug-likeness (QED) is 0.318. The molecular weight excluding hydrogens is 378 g/mol. The second-order valence-electron chi connectivity index (χ2n) is 6.81. The zero-order valence-electron chi connectivity index (χ0n) is 16.6. The number of allylic oxidation sites excluding steroid dienone is 2. The molecule has 29 heavy (non-hydrogen) atoms. The predicted octanol–water partition coefficient (Wildman–Crippen LogP) is 1.05. The van der Waals surface area contributed by atoms with Crippen LogP contribution in [0.2, 0.25) is 0 Å². The van der Waals surface area contributed by atoms with Crippen LogP contribution in [-0.4, -0.2) is 67.7 Å². The lowest BCUT2D eigenvalue weighted by Crippen LogP contribution is -2.35. The van der Waals surface area contributed by atoms with E-state index in [2.05, 4.69) is 22.8 Å². The second-order valence-corrected chi connectivity index (χ2v) is 6.81. The van der Waals surface area contributed by atoms with Gasteiger partial charge in [0.25, 0.3) is 11.8 Å². The monoisotopic (exact) mass is 407 g/mol. The summed E-state index contributed by atoms with van der Waals surface area (Å²) in [4.78, 5) is 47.3. The standard InChI is InChI=1S/C20H29N3O6/c24-17(10-13-23-18(25)8-9-19(23)26)21-11-14-28-15-12-22-20(27)29-16-6-4-2-1-3-5-7-16/h1-2,8-9,16H,3-7,10-15H2,(H,21,24)(H,22,27)/b2-1-. The molecule has 1 heterocycles. The molecule has 0 saturated heterocycles. The van der Waals surface area contributed by atoms with Crippen molar-refractivity contribution in [2.24, 2.45) is 0 Å². The van der Waals surface area contributed by atoms with Crippen LogP contribution < -0.4 is 10.6 Å². The first-order valence-corrected chi connectivity index (χ1v) is 10.0. The van der Waals surface area contributed by atoms with Crippen LogP contribution in [0.4, 0.5) is 4.79 Å². The predicted molar refractivity (Wildman–Crippen MR) is 105 cm³/mol. The largest absolute Gasteiger partial charge is 0.446 e. The summed E-state index contributed by atoms with van der Waals surface area (Å²) in [6, 6.07) is 0. The van der Waals surface area contributed by atoms with E-state index < -0.39 is 17.9 Å². The van der Waals surface area contributed by atoms with Gasteiger partial charge in [0.2, 0.25) is 5.91 Å². The van der Waals surface area contributed by atoms with Crippen LogP contribution in [-0.2, 0) is 23.9 Å². The number of hydrogen-bond acceptors (Lipinski definition) is 6. The van der Waals surface area contributed by atoms with Crippen molar-refractivity contribution in [1.29, 1.82) is 0 Å². The minimum absolute atomic E-state index is 0.0435. The van der Waals surface area contributed by atoms with E-state index >= 15 is 0 Å². The Kier molecular flexibility index (Phi) is 9.91. The Morgan fingerprint density at radius 3 is 2.45 bits per heavy atom. The molecule has 0 aromatic carbocycles. The Bertz CT molecular complexity index is 628. The van der Waals surface area contributed by atoms with Gasteiger partial charge >= 0.3 is 6.09 Å². The highest BCUT2D eigenvalue weighted by Gasteiger charge is 2.23. The number of hydrogen-bond donors (Lipinski definition) is 2. The molecule has 1 aliphatic heterocycles. The summed E-state index contributed by atoms with van der Waals surface area (Å²) >= 11 is 0. The normalized spacial score (nSPS) is 20.1. The average Bonchev–Trinajstić information content (AvgIpc) is 2.99. The second kappa shape index (κ2) is 12.7. The third kappa shape index (κ3) is 8.91. The van der Waals surface area contributed by atoms with E-state index in [4.69, 9.17) is 9.47 Å². The highest BCUT2D eigenvalue weighted by atomic mass is 16.6. The van der Waals surface area contributed by atoms with Gasteiger partial charge in [-0.05, 0) is 32.1 Å². The van der Waals surface area contributed by atoms with Crippen molar-refractivity contribution in [1.82, 2.24) is 15.5 Å². The zero-order valence-corrected chi connectivity index (χ0v) is 16.6. The summed E-state index contributed by atoms with van der Waals surface area (Å²) in [6.07, 6.45) is 10.9. The molecule has 2 aliphatic rings. The number of ether oxygens (including phenoxy) is 2.